The first kappa shape index (κ1) is 16.5. The number of rotatable bonds is 2. The molecular formula is C15H19NO5S. The maximum atomic E-state index is 12.4. The molecule has 0 saturated carbocycles. The molecule has 0 bridgehead atoms. The monoisotopic (exact) mass is 325 g/mol. The van der Waals surface area contributed by atoms with Crippen LogP contribution >= 0.6 is 0 Å². The van der Waals surface area contributed by atoms with E-state index >= 15 is 0 Å². The maximum Gasteiger partial charge on any atom is 0.397 e. The molecule has 1 aromatic rings. The third-order valence-electron chi connectivity index (χ3n) is 3.65. The number of sulfone groups is 1. The van der Waals surface area contributed by atoms with E-state index in [1.807, 2.05) is 6.07 Å². The second kappa shape index (κ2) is 6.91. The highest BCUT2D eigenvalue weighted by Gasteiger charge is 2.34. The summed E-state index contributed by atoms with van der Waals surface area (Å²) in [6.07, 6.45) is 0.275. The van der Waals surface area contributed by atoms with Gasteiger partial charge in [0.05, 0.1) is 17.6 Å². The van der Waals surface area contributed by atoms with Gasteiger partial charge in [0.25, 0.3) is 0 Å². The lowest BCUT2D eigenvalue weighted by atomic mass is 10.1. The first-order valence-corrected chi connectivity index (χ1v) is 8.89. The molecule has 6 nitrogen and oxygen atoms in total. The van der Waals surface area contributed by atoms with Crippen molar-refractivity contribution in [3.05, 3.63) is 35.9 Å². The van der Waals surface area contributed by atoms with Gasteiger partial charge in [-0.15, -0.1) is 0 Å². The molecule has 1 unspecified atom stereocenters. The molecule has 0 N–H and O–H groups in total. The molecule has 1 atom stereocenters. The Morgan fingerprint density at radius 2 is 1.91 bits per heavy atom. The van der Waals surface area contributed by atoms with Crippen LogP contribution in [0.4, 0.5) is 0 Å². The zero-order valence-electron chi connectivity index (χ0n) is 12.4. The van der Waals surface area contributed by atoms with E-state index in [9.17, 15) is 18.0 Å². The molecule has 0 aromatic heterocycles. The Bertz CT molecular complexity index is 641. The summed E-state index contributed by atoms with van der Waals surface area (Å²) in [5, 5.41) is -0.645. The largest absolute Gasteiger partial charge is 0.459 e. The van der Waals surface area contributed by atoms with Crippen LogP contribution in [-0.4, -0.2) is 50.6 Å². The fraction of sp³-hybridized carbons (Fsp3) is 0.467. The van der Waals surface area contributed by atoms with Gasteiger partial charge in [0, 0.05) is 13.1 Å². The van der Waals surface area contributed by atoms with Crippen molar-refractivity contribution >= 4 is 21.7 Å². The number of hydrogen-bond donors (Lipinski definition) is 0. The van der Waals surface area contributed by atoms with E-state index in [0.717, 1.165) is 0 Å². The summed E-state index contributed by atoms with van der Waals surface area (Å²) in [4.78, 5) is 24.7. The smallest absolute Gasteiger partial charge is 0.397 e. The standard InChI is InChI=1S/C15H19NO5S/c1-2-21-15(18)14(17)16-9-8-13(22(19,20)11-10-16)12-6-4-3-5-7-12/h3-7,13H,2,8-11H2,1H3. The van der Waals surface area contributed by atoms with Crippen LogP contribution in [0.3, 0.4) is 0 Å². The second-order valence-corrected chi connectivity index (χ2v) is 7.37. The summed E-state index contributed by atoms with van der Waals surface area (Å²) >= 11 is 0. The lowest BCUT2D eigenvalue weighted by molar-refractivity contribution is -0.159. The van der Waals surface area contributed by atoms with Crippen molar-refractivity contribution < 1.29 is 22.7 Å². The minimum Gasteiger partial charge on any atom is -0.459 e. The molecule has 120 valence electrons. The Morgan fingerprint density at radius 1 is 1.23 bits per heavy atom. The molecule has 2 rings (SSSR count). The molecule has 1 aromatic carbocycles. The minimum absolute atomic E-state index is 0.0172. The SMILES string of the molecule is CCOC(=O)C(=O)N1CCC(c2ccccc2)S(=O)(=O)CC1. The molecule has 0 aliphatic carbocycles. The van der Waals surface area contributed by atoms with Crippen molar-refractivity contribution in [3.8, 4) is 0 Å². The average Bonchev–Trinajstić information content (AvgIpc) is 2.66. The number of nitrogens with zero attached hydrogens (tertiary/aromatic N) is 1. The zero-order chi connectivity index (χ0) is 16.2. The van der Waals surface area contributed by atoms with Gasteiger partial charge in [-0.05, 0) is 18.9 Å². The Hall–Kier alpha value is -1.89. The van der Waals surface area contributed by atoms with Crippen LogP contribution in [0.1, 0.15) is 24.2 Å². The van der Waals surface area contributed by atoms with Crippen LogP contribution in [0.15, 0.2) is 30.3 Å². The summed E-state index contributed by atoms with van der Waals surface area (Å²) in [6, 6.07) is 8.94. The molecule has 1 aliphatic rings. The number of ether oxygens (including phenoxy) is 1. The molecule has 1 fully saturated rings. The summed E-state index contributed by atoms with van der Waals surface area (Å²) < 4.78 is 29.5. The van der Waals surface area contributed by atoms with Gasteiger partial charge in [-0.2, -0.15) is 0 Å². The first-order valence-electron chi connectivity index (χ1n) is 7.18. The van der Waals surface area contributed by atoms with Crippen LogP contribution < -0.4 is 0 Å². The molecule has 1 aliphatic heterocycles. The average molecular weight is 325 g/mol. The van der Waals surface area contributed by atoms with Gasteiger partial charge < -0.3 is 9.64 Å². The van der Waals surface area contributed by atoms with E-state index in [1.165, 1.54) is 4.90 Å². The molecule has 22 heavy (non-hydrogen) atoms. The van der Waals surface area contributed by atoms with E-state index in [0.29, 0.717) is 5.56 Å². The molecule has 1 heterocycles. The highest BCUT2D eigenvalue weighted by molar-refractivity contribution is 7.91. The quantitative estimate of drug-likeness (QED) is 0.597. The Labute approximate surface area is 130 Å². The van der Waals surface area contributed by atoms with E-state index in [2.05, 4.69) is 4.74 Å². The van der Waals surface area contributed by atoms with Crippen molar-refractivity contribution in [1.82, 2.24) is 4.90 Å². The van der Waals surface area contributed by atoms with Gasteiger partial charge in [-0.1, -0.05) is 30.3 Å². The van der Waals surface area contributed by atoms with Crippen molar-refractivity contribution in [3.63, 3.8) is 0 Å². The fourth-order valence-corrected chi connectivity index (χ4v) is 4.31. The van der Waals surface area contributed by atoms with E-state index in [1.54, 1.807) is 31.2 Å². The molecule has 0 spiro atoms. The third-order valence-corrected chi connectivity index (χ3v) is 5.78. The summed E-state index contributed by atoms with van der Waals surface area (Å²) in [7, 11) is -3.36. The number of benzene rings is 1. The third kappa shape index (κ3) is 3.65. The topological polar surface area (TPSA) is 80.8 Å². The van der Waals surface area contributed by atoms with E-state index < -0.39 is 27.0 Å². The van der Waals surface area contributed by atoms with Crippen molar-refractivity contribution in [1.29, 1.82) is 0 Å². The van der Waals surface area contributed by atoms with Gasteiger partial charge >= 0.3 is 11.9 Å². The van der Waals surface area contributed by atoms with Gasteiger partial charge in [-0.3, -0.25) is 4.79 Å². The van der Waals surface area contributed by atoms with Crippen molar-refractivity contribution in [2.75, 3.05) is 25.4 Å². The summed E-state index contributed by atoms with van der Waals surface area (Å²) in [6.45, 7) is 1.96. The van der Waals surface area contributed by atoms with Crippen LogP contribution in [0, 0.1) is 0 Å². The first-order chi connectivity index (χ1) is 10.5. The number of carbonyl (C=O) groups excluding carboxylic acids is 2. The number of hydrogen-bond acceptors (Lipinski definition) is 5. The Kier molecular flexibility index (Phi) is 5.18. The summed E-state index contributed by atoms with van der Waals surface area (Å²) in [5.41, 5.74) is 0.716. The predicted molar refractivity (Wildman–Crippen MR) is 80.8 cm³/mol. The number of esters is 1. The van der Waals surface area contributed by atoms with Crippen LogP contribution in [-0.2, 0) is 24.2 Å². The zero-order valence-corrected chi connectivity index (χ0v) is 13.2. The second-order valence-electron chi connectivity index (χ2n) is 5.07. The Morgan fingerprint density at radius 3 is 2.55 bits per heavy atom. The van der Waals surface area contributed by atoms with Crippen molar-refractivity contribution in [2.45, 2.75) is 18.6 Å². The molecule has 0 radical (unpaired) electrons. The maximum absolute atomic E-state index is 12.4. The molecule has 1 saturated heterocycles. The fourth-order valence-electron chi connectivity index (χ4n) is 2.51. The molecule has 1 amide bonds. The number of carbonyl (C=O) groups is 2. The van der Waals surface area contributed by atoms with E-state index in [4.69, 9.17) is 0 Å². The lowest BCUT2D eigenvalue weighted by Crippen LogP contribution is -2.39. The minimum atomic E-state index is -3.36. The molecular weight excluding hydrogens is 306 g/mol. The molecule has 7 heteroatoms. The van der Waals surface area contributed by atoms with Crippen LogP contribution in [0.5, 0.6) is 0 Å². The van der Waals surface area contributed by atoms with E-state index in [-0.39, 0.29) is 31.9 Å². The van der Waals surface area contributed by atoms with Gasteiger partial charge in [0.2, 0.25) is 0 Å². The van der Waals surface area contributed by atoms with Gasteiger partial charge in [0.15, 0.2) is 9.84 Å². The number of amides is 1. The Balaban J connectivity index is 2.16. The lowest BCUT2D eigenvalue weighted by Gasteiger charge is -2.18. The highest BCUT2D eigenvalue weighted by atomic mass is 32.2. The van der Waals surface area contributed by atoms with Gasteiger partial charge in [0.1, 0.15) is 0 Å². The van der Waals surface area contributed by atoms with Crippen molar-refractivity contribution in [2.24, 2.45) is 0 Å². The predicted octanol–water partition coefficient (Wildman–Crippen LogP) is 0.938. The van der Waals surface area contributed by atoms with Gasteiger partial charge in [-0.25, -0.2) is 13.2 Å². The normalized spacial score (nSPS) is 21.0. The van der Waals surface area contributed by atoms with Crippen LogP contribution in [0.25, 0.3) is 0 Å². The highest BCUT2D eigenvalue weighted by Crippen LogP contribution is 2.29. The van der Waals surface area contributed by atoms with Crippen LogP contribution in [0.2, 0.25) is 0 Å². The summed E-state index contributed by atoms with van der Waals surface area (Å²) in [5.74, 6) is -1.86.